The molecule has 9 heteroatoms. The highest BCUT2D eigenvalue weighted by atomic mass is 16.5. The number of amides is 1. The van der Waals surface area contributed by atoms with Crippen LogP contribution in [0.4, 0.5) is 5.82 Å². The van der Waals surface area contributed by atoms with Crippen LogP contribution in [0.1, 0.15) is 18.9 Å². The van der Waals surface area contributed by atoms with Crippen molar-refractivity contribution in [2.75, 3.05) is 25.4 Å². The van der Waals surface area contributed by atoms with E-state index < -0.39 is 0 Å². The van der Waals surface area contributed by atoms with E-state index in [0.29, 0.717) is 41.4 Å². The second kappa shape index (κ2) is 8.87. The van der Waals surface area contributed by atoms with E-state index in [1.165, 1.54) is 6.33 Å². The third kappa shape index (κ3) is 4.10. The minimum absolute atomic E-state index is 0.0288. The number of ether oxygens (including phenoxy) is 1. The fourth-order valence-corrected chi connectivity index (χ4v) is 4.18. The molecule has 0 saturated carbocycles. The van der Waals surface area contributed by atoms with E-state index in [-0.39, 0.29) is 25.0 Å². The Kier molecular flexibility index (Phi) is 5.62. The summed E-state index contributed by atoms with van der Waals surface area (Å²) < 4.78 is 7.74. The summed E-state index contributed by atoms with van der Waals surface area (Å²) in [5.74, 6) is 1.78. The van der Waals surface area contributed by atoms with Crippen LogP contribution in [-0.4, -0.2) is 55.4 Å². The van der Waals surface area contributed by atoms with Crippen molar-refractivity contribution >= 4 is 22.8 Å². The van der Waals surface area contributed by atoms with Crippen molar-refractivity contribution in [1.29, 1.82) is 0 Å². The third-order valence-corrected chi connectivity index (χ3v) is 5.81. The molecule has 2 aromatic heterocycles. The number of aliphatic hydroxyl groups excluding tert-OH is 1. The molecule has 1 aliphatic rings. The number of benzene rings is 2. The molecule has 1 saturated heterocycles. The molecule has 33 heavy (non-hydrogen) atoms. The van der Waals surface area contributed by atoms with Crippen molar-refractivity contribution < 1.29 is 14.6 Å². The van der Waals surface area contributed by atoms with Crippen molar-refractivity contribution in [3.05, 3.63) is 60.9 Å². The van der Waals surface area contributed by atoms with Crippen molar-refractivity contribution in [3.63, 3.8) is 0 Å². The van der Waals surface area contributed by atoms with Crippen molar-refractivity contribution in [2.24, 2.45) is 0 Å². The number of hydrogen-bond acceptors (Lipinski definition) is 7. The van der Waals surface area contributed by atoms with Gasteiger partial charge in [0.1, 0.15) is 29.3 Å². The van der Waals surface area contributed by atoms with Crippen LogP contribution in [-0.2, 0) is 4.79 Å². The number of carbonyl (C=O) groups is 1. The number of anilines is 1. The number of carbonyl (C=O) groups excluding carboxylic acids is 1. The summed E-state index contributed by atoms with van der Waals surface area (Å²) in [7, 11) is 0. The quantitative estimate of drug-likeness (QED) is 0.469. The zero-order valence-corrected chi connectivity index (χ0v) is 18.0. The van der Waals surface area contributed by atoms with Crippen LogP contribution in [0.5, 0.6) is 11.5 Å². The lowest BCUT2D eigenvalue weighted by Gasteiger charge is -2.16. The number of rotatable bonds is 6. The Morgan fingerprint density at radius 3 is 2.61 bits per heavy atom. The maximum Gasteiger partial charge on any atom is 0.224 e. The molecule has 0 bridgehead atoms. The van der Waals surface area contributed by atoms with Crippen LogP contribution in [0.3, 0.4) is 0 Å². The zero-order valence-electron chi connectivity index (χ0n) is 18.0. The minimum atomic E-state index is -0.150. The van der Waals surface area contributed by atoms with E-state index in [1.807, 2.05) is 59.3 Å². The highest BCUT2D eigenvalue weighted by Crippen LogP contribution is 2.35. The van der Waals surface area contributed by atoms with Gasteiger partial charge >= 0.3 is 0 Å². The van der Waals surface area contributed by atoms with E-state index in [4.69, 9.17) is 20.7 Å². The Bertz CT molecular complexity index is 1270. The van der Waals surface area contributed by atoms with E-state index in [0.717, 1.165) is 17.7 Å². The van der Waals surface area contributed by atoms with Gasteiger partial charge in [-0.05, 0) is 42.8 Å². The summed E-state index contributed by atoms with van der Waals surface area (Å²) >= 11 is 0. The molecule has 1 atom stereocenters. The van der Waals surface area contributed by atoms with Gasteiger partial charge in [-0.2, -0.15) is 5.10 Å². The van der Waals surface area contributed by atoms with Crippen LogP contribution in [0, 0.1) is 0 Å². The SMILES string of the molecule is Nc1ncnc2c1c(-c1ccc(Oc3ccccc3)cc1)nn2C1CCN(C(=O)CCO)C1. The average molecular weight is 444 g/mol. The van der Waals surface area contributed by atoms with Crippen LogP contribution in [0.25, 0.3) is 22.3 Å². The standard InChI is InChI=1S/C24H24N6O3/c25-23-21-22(16-6-8-19(9-7-16)33-18-4-2-1-3-5-18)28-30(24(21)27-15-26-23)17-10-12-29(14-17)20(32)11-13-31/h1-9,15,17,31H,10-14H2,(H2,25,26,27). The molecule has 1 unspecified atom stereocenters. The number of nitrogens with two attached hydrogens (primary N) is 1. The topological polar surface area (TPSA) is 119 Å². The number of likely N-dealkylation sites (tertiary alicyclic amines) is 1. The average Bonchev–Trinajstić information content (AvgIpc) is 3.47. The van der Waals surface area contributed by atoms with Crippen molar-refractivity contribution in [3.8, 4) is 22.8 Å². The summed E-state index contributed by atoms with van der Waals surface area (Å²) in [6.45, 7) is 0.984. The van der Waals surface area contributed by atoms with Gasteiger partial charge in [0.05, 0.1) is 18.0 Å². The molecule has 3 N–H and O–H groups in total. The Hall–Kier alpha value is -3.98. The minimum Gasteiger partial charge on any atom is -0.457 e. The first kappa shape index (κ1) is 20.9. The predicted octanol–water partition coefficient (Wildman–Crippen LogP) is 3.02. The number of nitrogen functional groups attached to an aromatic ring is 1. The lowest BCUT2D eigenvalue weighted by atomic mass is 10.1. The maximum absolute atomic E-state index is 12.2. The van der Waals surface area contributed by atoms with Gasteiger partial charge in [-0.15, -0.1) is 0 Å². The van der Waals surface area contributed by atoms with Gasteiger partial charge < -0.3 is 20.5 Å². The highest BCUT2D eigenvalue weighted by Gasteiger charge is 2.30. The van der Waals surface area contributed by atoms with E-state index >= 15 is 0 Å². The molecule has 0 spiro atoms. The Labute approximate surface area is 190 Å². The smallest absolute Gasteiger partial charge is 0.224 e. The van der Waals surface area contributed by atoms with Gasteiger partial charge in [-0.3, -0.25) is 4.79 Å². The van der Waals surface area contributed by atoms with Gasteiger partial charge in [0.2, 0.25) is 5.91 Å². The Morgan fingerprint density at radius 1 is 1.09 bits per heavy atom. The van der Waals surface area contributed by atoms with Crippen LogP contribution in [0.15, 0.2) is 60.9 Å². The fourth-order valence-electron chi connectivity index (χ4n) is 4.18. The Morgan fingerprint density at radius 2 is 1.85 bits per heavy atom. The molecule has 168 valence electrons. The first-order valence-corrected chi connectivity index (χ1v) is 10.8. The molecule has 1 aliphatic heterocycles. The largest absolute Gasteiger partial charge is 0.457 e. The highest BCUT2D eigenvalue weighted by molar-refractivity contribution is 5.98. The monoisotopic (exact) mass is 444 g/mol. The van der Waals surface area contributed by atoms with Crippen LogP contribution < -0.4 is 10.5 Å². The molecule has 5 rings (SSSR count). The predicted molar refractivity (Wildman–Crippen MR) is 124 cm³/mol. The molecule has 1 fully saturated rings. The van der Waals surface area contributed by atoms with Crippen LogP contribution >= 0.6 is 0 Å². The van der Waals surface area contributed by atoms with Crippen LogP contribution in [0.2, 0.25) is 0 Å². The van der Waals surface area contributed by atoms with Gasteiger partial charge in [0.15, 0.2) is 5.65 Å². The van der Waals surface area contributed by atoms with Gasteiger partial charge in [-0.25, -0.2) is 14.6 Å². The molecule has 0 aliphatic carbocycles. The second-order valence-corrected chi connectivity index (χ2v) is 7.95. The lowest BCUT2D eigenvalue weighted by molar-refractivity contribution is -0.130. The molecule has 4 aromatic rings. The number of fused-ring (bicyclic) bond motifs is 1. The number of aromatic nitrogens is 4. The molecule has 0 radical (unpaired) electrons. The van der Waals surface area contributed by atoms with Gasteiger partial charge in [0.25, 0.3) is 0 Å². The molecular weight excluding hydrogens is 420 g/mol. The molecule has 9 nitrogen and oxygen atoms in total. The number of aliphatic hydroxyl groups is 1. The van der Waals surface area contributed by atoms with Gasteiger partial charge in [0, 0.05) is 25.1 Å². The summed E-state index contributed by atoms with van der Waals surface area (Å²) in [4.78, 5) is 22.6. The number of hydrogen-bond donors (Lipinski definition) is 2. The normalized spacial score (nSPS) is 15.8. The number of para-hydroxylation sites is 1. The first-order valence-electron chi connectivity index (χ1n) is 10.8. The third-order valence-electron chi connectivity index (χ3n) is 5.81. The van der Waals surface area contributed by atoms with E-state index in [9.17, 15) is 4.79 Å². The summed E-state index contributed by atoms with van der Waals surface area (Å²) in [6, 6.07) is 17.2. The van der Waals surface area contributed by atoms with E-state index in [2.05, 4.69) is 9.97 Å². The second-order valence-electron chi connectivity index (χ2n) is 7.95. The summed E-state index contributed by atoms with van der Waals surface area (Å²) in [5, 5.41) is 14.6. The molecule has 1 amide bonds. The molecular formula is C24H24N6O3. The van der Waals surface area contributed by atoms with Crippen molar-refractivity contribution in [1.82, 2.24) is 24.6 Å². The van der Waals surface area contributed by atoms with Gasteiger partial charge in [-0.1, -0.05) is 18.2 Å². The summed E-state index contributed by atoms with van der Waals surface area (Å²) in [6.07, 6.45) is 2.31. The molecule has 2 aromatic carbocycles. The maximum atomic E-state index is 12.2. The van der Waals surface area contributed by atoms with E-state index in [1.54, 1.807) is 4.90 Å². The van der Waals surface area contributed by atoms with Crippen molar-refractivity contribution in [2.45, 2.75) is 18.9 Å². The Balaban J connectivity index is 1.46. The molecule has 3 heterocycles. The number of nitrogens with zero attached hydrogens (tertiary/aromatic N) is 5. The first-order chi connectivity index (χ1) is 16.1. The zero-order chi connectivity index (χ0) is 22.8. The summed E-state index contributed by atoms with van der Waals surface area (Å²) in [5.41, 5.74) is 8.43. The fraction of sp³-hybridized carbons (Fsp3) is 0.250. The lowest BCUT2D eigenvalue weighted by Crippen LogP contribution is -2.29.